The van der Waals surface area contributed by atoms with Gasteiger partial charge < -0.3 is 24.6 Å². The van der Waals surface area contributed by atoms with Gasteiger partial charge in [-0.05, 0) is 40.2 Å². The summed E-state index contributed by atoms with van der Waals surface area (Å²) in [5.74, 6) is 0.977. The average Bonchev–Trinajstić information content (AvgIpc) is 2.96. The number of amides is 1. The zero-order valence-corrected chi connectivity index (χ0v) is 14.8. The second kappa shape index (κ2) is 6.46. The lowest BCUT2D eigenvalue weighted by atomic mass is 9.77. The Kier molecular flexibility index (Phi) is 4.68. The topological polar surface area (TPSA) is 79.6 Å². The Bertz CT molecular complexity index is 590. The number of carbonyl (C=O) groups excluding carboxylic acids is 1. The molecule has 0 aromatic carbocycles. The molecular weight excluding hydrogens is 308 g/mol. The van der Waals surface area contributed by atoms with Crippen molar-refractivity contribution < 1.29 is 14.6 Å². The number of carbonyl (C=O) groups is 1. The Morgan fingerprint density at radius 3 is 2.79 bits per heavy atom. The Balaban J connectivity index is 1.57. The summed E-state index contributed by atoms with van der Waals surface area (Å²) >= 11 is 0. The largest absolute Gasteiger partial charge is 0.386 e. The van der Waals surface area contributed by atoms with Gasteiger partial charge >= 0.3 is 0 Å². The molecule has 2 fully saturated rings. The highest BCUT2D eigenvalue weighted by Gasteiger charge is 2.48. The second-order valence-corrected chi connectivity index (χ2v) is 7.36. The van der Waals surface area contributed by atoms with E-state index in [1.807, 2.05) is 36.6 Å². The van der Waals surface area contributed by atoms with Crippen LogP contribution in [-0.2, 0) is 16.1 Å². The number of likely N-dealkylation sites (tertiary alicyclic amines) is 1. The summed E-state index contributed by atoms with van der Waals surface area (Å²) in [5.41, 5.74) is -1.07. The molecule has 0 radical (unpaired) electrons. The number of nitrogens with one attached hydrogen (secondary N) is 1. The number of aryl methyl sites for hydroxylation is 1. The molecule has 2 atom stereocenters. The van der Waals surface area contributed by atoms with Crippen LogP contribution >= 0.6 is 0 Å². The summed E-state index contributed by atoms with van der Waals surface area (Å²) < 4.78 is 7.94. The molecule has 2 saturated heterocycles. The van der Waals surface area contributed by atoms with Crippen LogP contribution < -0.4 is 5.32 Å². The molecule has 24 heavy (non-hydrogen) atoms. The Morgan fingerprint density at radius 2 is 2.21 bits per heavy atom. The van der Waals surface area contributed by atoms with Crippen LogP contribution in [0.2, 0.25) is 0 Å². The summed E-state index contributed by atoms with van der Waals surface area (Å²) in [6.07, 6.45) is 5.96. The van der Waals surface area contributed by atoms with Crippen molar-refractivity contribution in [1.82, 2.24) is 19.8 Å². The van der Waals surface area contributed by atoms with Crippen LogP contribution in [0.5, 0.6) is 0 Å². The first-order chi connectivity index (χ1) is 11.4. The van der Waals surface area contributed by atoms with Crippen molar-refractivity contribution >= 4 is 5.91 Å². The van der Waals surface area contributed by atoms with Gasteiger partial charge in [-0.3, -0.25) is 4.79 Å². The maximum absolute atomic E-state index is 12.5. The van der Waals surface area contributed by atoms with E-state index < -0.39 is 5.60 Å². The molecule has 2 N–H and O–H groups in total. The first-order valence-corrected chi connectivity index (χ1v) is 8.64. The van der Waals surface area contributed by atoms with Crippen LogP contribution in [0.3, 0.4) is 0 Å². The predicted octanol–water partition coefficient (Wildman–Crippen LogP) is 0.312. The number of rotatable bonds is 3. The van der Waals surface area contributed by atoms with E-state index in [1.165, 1.54) is 0 Å². The van der Waals surface area contributed by atoms with Crippen molar-refractivity contribution in [2.45, 2.75) is 56.9 Å². The van der Waals surface area contributed by atoms with Gasteiger partial charge in [0.2, 0.25) is 5.91 Å². The summed E-state index contributed by atoms with van der Waals surface area (Å²) in [6, 6.07) is 0.0158. The summed E-state index contributed by atoms with van der Waals surface area (Å²) in [5, 5.41) is 13.6. The molecule has 3 heterocycles. The first-order valence-electron chi connectivity index (χ1n) is 8.64. The van der Waals surface area contributed by atoms with Gasteiger partial charge in [0, 0.05) is 31.5 Å². The minimum Gasteiger partial charge on any atom is -0.386 e. The molecule has 3 rings (SSSR count). The van der Waals surface area contributed by atoms with Gasteiger partial charge in [0.1, 0.15) is 18.0 Å². The van der Waals surface area contributed by atoms with Crippen LogP contribution in [0.25, 0.3) is 0 Å². The van der Waals surface area contributed by atoms with Gasteiger partial charge in [-0.2, -0.15) is 0 Å². The smallest absolute Gasteiger partial charge is 0.242 e. The molecule has 0 unspecified atom stereocenters. The molecule has 1 aromatic rings. The van der Waals surface area contributed by atoms with Crippen molar-refractivity contribution in [3.05, 3.63) is 18.2 Å². The number of aromatic nitrogens is 2. The average molecular weight is 336 g/mol. The van der Waals surface area contributed by atoms with Crippen molar-refractivity contribution in [2.75, 3.05) is 26.7 Å². The summed E-state index contributed by atoms with van der Waals surface area (Å²) in [6.45, 7) is 5.79. The Morgan fingerprint density at radius 1 is 1.50 bits per heavy atom. The fourth-order valence-corrected chi connectivity index (χ4v) is 3.79. The highest BCUT2D eigenvalue weighted by Crippen LogP contribution is 2.38. The summed E-state index contributed by atoms with van der Waals surface area (Å²) in [4.78, 5) is 18.6. The quantitative estimate of drug-likeness (QED) is 0.831. The van der Waals surface area contributed by atoms with E-state index in [4.69, 9.17) is 4.74 Å². The third kappa shape index (κ3) is 3.34. The fraction of sp³-hybridized carbons (Fsp3) is 0.765. The van der Waals surface area contributed by atoms with Gasteiger partial charge in [0.05, 0.1) is 12.2 Å². The lowest BCUT2D eigenvalue weighted by Gasteiger charge is -2.50. The van der Waals surface area contributed by atoms with Crippen LogP contribution in [0.1, 0.15) is 32.0 Å². The number of ether oxygens (including phenoxy) is 1. The lowest BCUT2D eigenvalue weighted by Crippen LogP contribution is -2.62. The summed E-state index contributed by atoms with van der Waals surface area (Å²) in [7, 11) is 1.88. The van der Waals surface area contributed by atoms with E-state index in [9.17, 15) is 9.90 Å². The molecule has 2 aliphatic heterocycles. The Hall–Kier alpha value is -1.44. The molecule has 2 aliphatic rings. The van der Waals surface area contributed by atoms with Gasteiger partial charge in [-0.1, -0.05) is 0 Å². The van der Waals surface area contributed by atoms with E-state index >= 15 is 0 Å². The third-order valence-corrected chi connectivity index (χ3v) is 5.60. The molecule has 0 bridgehead atoms. The zero-order valence-electron chi connectivity index (χ0n) is 14.8. The SMILES string of the molecule is CN[C@H]1CC2(CCN(C(=O)Cn3ccnc3C)CC2)OC[C@]1(C)O. The number of piperidine rings is 1. The highest BCUT2D eigenvalue weighted by atomic mass is 16.5. The Labute approximate surface area is 143 Å². The number of hydrogen-bond donors (Lipinski definition) is 2. The van der Waals surface area contributed by atoms with E-state index in [-0.39, 0.29) is 17.6 Å². The number of nitrogens with zero attached hydrogens (tertiary/aromatic N) is 3. The van der Waals surface area contributed by atoms with E-state index in [0.717, 1.165) is 25.1 Å². The fourth-order valence-electron chi connectivity index (χ4n) is 3.79. The number of hydrogen-bond acceptors (Lipinski definition) is 5. The van der Waals surface area contributed by atoms with E-state index in [2.05, 4.69) is 10.3 Å². The molecule has 1 aromatic heterocycles. The van der Waals surface area contributed by atoms with Crippen LogP contribution in [-0.4, -0.2) is 69.5 Å². The maximum atomic E-state index is 12.5. The van der Waals surface area contributed by atoms with Crippen molar-refractivity contribution in [3.63, 3.8) is 0 Å². The monoisotopic (exact) mass is 336 g/mol. The van der Waals surface area contributed by atoms with E-state index in [1.54, 1.807) is 6.20 Å². The highest BCUT2D eigenvalue weighted by molar-refractivity contribution is 5.76. The van der Waals surface area contributed by atoms with Crippen LogP contribution in [0.4, 0.5) is 0 Å². The van der Waals surface area contributed by atoms with Crippen LogP contribution in [0, 0.1) is 6.92 Å². The van der Waals surface area contributed by atoms with Gasteiger partial charge in [-0.15, -0.1) is 0 Å². The predicted molar refractivity (Wildman–Crippen MR) is 89.5 cm³/mol. The molecule has 1 amide bonds. The lowest BCUT2D eigenvalue weighted by molar-refractivity contribution is -0.193. The first kappa shape index (κ1) is 17.4. The van der Waals surface area contributed by atoms with Crippen molar-refractivity contribution in [1.29, 1.82) is 0 Å². The molecule has 7 nitrogen and oxygen atoms in total. The number of imidazole rings is 1. The second-order valence-electron chi connectivity index (χ2n) is 7.36. The maximum Gasteiger partial charge on any atom is 0.242 e. The standard InChI is InChI=1S/C17H28N4O3/c1-13-19-6-9-21(13)11-15(22)20-7-4-17(5-8-20)10-14(18-3)16(2,23)12-24-17/h6,9,14,18,23H,4-5,7-8,10-12H2,1-3H3/t14-,16-/m0/s1. The van der Waals surface area contributed by atoms with Crippen molar-refractivity contribution in [3.8, 4) is 0 Å². The molecule has 134 valence electrons. The van der Waals surface area contributed by atoms with Gasteiger partial charge in [0.25, 0.3) is 0 Å². The number of likely N-dealkylation sites (N-methyl/N-ethyl adjacent to an activating group) is 1. The van der Waals surface area contributed by atoms with Gasteiger partial charge in [-0.25, -0.2) is 4.98 Å². The normalized spacial score (nSPS) is 29.8. The zero-order chi connectivity index (χ0) is 17.4. The minimum atomic E-state index is -0.841. The molecule has 7 heteroatoms. The molecule has 1 spiro atoms. The number of aliphatic hydroxyl groups is 1. The third-order valence-electron chi connectivity index (χ3n) is 5.60. The van der Waals surface area contributed by atoms with Gasteiger partial charge in [0.15, 0.2) is 0 Å². The molecular formula is C17H28N4O3. The van der Waals surface area contributed by atoms with Crippen molar-refractivity contribution in [2.24, 2.45) is 0 Å². The molecule has 0 aliphatic carbocycles. The minimum absolute atomic E-state index is 0.0158. The van der Waals surface area contributed by atoms with E-state index in [0.29, 0.717) is 26.2 Å². The molecule has 0 saturated carbocycles. The van der Waals surface area contributed by atoms with Crippen LogP contribution in [0.15, 0.2) is 12.4 Å².